The Labute approximate surface area is 147 Å². The molecule has 0 aliphatic carbocycles. The lowest BCUT2D eigenvalue weighted by molar-refractivity contribution is -0.122. The van der Waals surface area contributed by atoms with Crippen molar-refractivity contribution < 1.29 is 19.1 Å². The fourth-order valence-corrected chi connectivity index (χ4v) is 2.45. The van der Waals surface area contributed by atoms with Gasteiger partial charge in [-0.2, -0.15) is 0 Å². The lowest BCUT2D eigenvalue weighted by atomic mass is 10.0. The molecule has 2 N–H and O–H groups in total. The van der Waals surface area contributed by atoms with Crippen LogP contribution in [0.3, 0.4) is 0 Å². The lowest BCUT2D eigenvalue weighted by Gasteiger charge is -2.04. The Bertz CT molecular complexity index is 442. The lowest BCUT2D eigenvalue weighted by Crippen LogP contribution is -2.05. The summed E-state index contributed by atoms with van der Waals surface area (Å²) < 4.78 is 8.74. The molecule has 24 heavy (non-hydrogen) atoms. The highest BCUT2D eigenvalue weighted by molar-refractivity contribution is 7.30. The zero-order chi connectivity index (χ0) is 18.2. The first-order valence-electron chi connectivity index (χ1n) is 8.92. The van der Waals surface area contributed by atoms with E-state index in [1.807, 2.05) is 13.8 Å². The van der Waals surface area contributed by atoms with E-state index in [0.717, 1.165) is 12.8 Å². The molecule has 0 aliphatic rings. The van der Waals surface area contributed by atoms with Crippen molar-refractivity contribution in [1.29, 1.82) is 0 Å². The number of aryl methyl sites for hydroxylation is 1. The topological polar surface area (TPSA) is 74.6 Å². The quantitative estimate of drug-likeness (QED) is 0.435. The van der Waals surface area contributed by atoms with Crippen LogP contribution in [-0.4, -0.2) is 15.6 Å². The fourth-order valence-electron chi connectivity index (χ4n) is 2.45. The molecule has 0 aliphatic heterocycles. The van der Waals surface area contributed by atoms with Gasteiger partial charge in [0.15, 0.2) is 0 Å². The van der Waals surface area contributed by atoms with Crippen LogP contribution in [0.2, 0.25) is 0 Å². The number of carbonyl (C=O) groups excluding carboxylic acids is 1. The largest absolute Gasteiger partial charge is 0.326 e. The van der Waals surface area contributed by atoms with Crippen molar-refractivity contribution in [3.8, 4) is 0 Å². The Morgan fingerprint density at radius 2 is 1.38 bits per heavy atom. The summed E-state index contributed by atoms with van der Waals surface area (Å²) in [6, 6.07) is 10.7. The van der Waals surface area contributed by atoms with Crippen molar-refractivity contribution in [2.24, 2.45) is 5.92 Å². The first-order valence-corrected chi connectivity index (χ1v) is 10.2. The molecule has 0 aromatic heterocycles. The molecule has 138 valence electrons. The average molecular weight is 356 g/mol. The molecule has 0 saturated carbocycles. The standard InChI is InChI=1S/C19H30O.H3O3P/c1-17(2)19(20)16-12-7-5-3-4-6-9-13-18-14-10-8-11-15-18;1-4(2)3/h8,10-11,14-15,17H,3-7,9,12-13,16H2,1-2H3;4H,(H2,1,2,3). The van der Waals surface area contributed by atoms with Crippen LogP contribution in [-0.2, 0) is 15.8 Å². The second-order valence-corrected chi connectivity index (χ2v) is 6.93. The molecule has 0 bridgehead atoms. The van der Waals surface area contributed by atoms with Crippen molar-refractivity contribution in [2.45, 2.75) is 71.6 Å². The van der Waals surface area contributed by atoms with Gasteiger partial charge in [0.2, 0.25) is 0 Å². The normalized spacial score (nSPS) is 10.6. The number of Topliss-reactive ketones (excluding diaryl/α,β-unsaturated/α-hetero) is 1. The van der Waals surface area contributed by atoms with E-state index in [9.17, 15) is 4.79 Å². The summed E-state index contributed by atoms with van der Waals surface area (Å²) in [5.74, 6) is 0.640. The SMILES string of the molecule is CC(C)C(=O)CCCCCCCCCc1ccccc1.O=[PH](O)O. The summed E-state index contributed by atoms with van der Waals surface area (Å²) in [5.41, 5.74) is 1.46. The highest BCUT2D eigenvalue weighted by atomic mass is 31.1. The first-order chi connectivity index (χ1) is 11.4. The van der Waals surface area contributed by atoms with Crippen molar-refractivity contribution in [3.05, 3.63) is 35.9 Å². The molecule has 0 radical (unpaired) electrons. The minimum atomic E-state index is -3.13. The maximum absolute atomic E-state index is 11.5. The first kappa shape index (κ1) is 23.0. The molecular weight excluding hydrogens is 323 g/mol. The van der Waals surface area contributed by atoms with Gasteiger partial charge in [0, 0.05) is 12.3 Å². The Morgan fingerprint density at radius 1 is 0.917 bits per heavy atom. The molecule has 1 aromatic carbocycles. The van der Waals surface area contributed by atoms with Gasteiger partial charge in [0.1, 0.15) is 5.78 Å². The van der Waals surface area contributed by atoms with Gasteiger partial charge in [-0.3, -0.25) is 9.36 Å². The second kappa shape index (κ2) is 15.6. The summed E-state index contributed by atoms with van der Waals surface area (Å²) in [6.07, 6.45) is 10.9. The number of benzene rings is 1. The summed E-state index contributed by atoms with van der Waals surface area (Å²) in [4.78, 5) is 25.8. The molecule has 1 aromatic rings. The Hall–Kier alpha value is -0.960. The number of hydrogen-bond acceptors (Lipinski definition) is 2. The molecular formula is C19H33O4P. The zero-order valence-electron chi connectivity index (χ0n) is 15.0. The molecule has 0 saturated heterocycles. The molecule has 0 fully saturated rings. The molecule has 0 spiro atoms. The van der Waals surface area contributed by atoms with Gasteiger partial charge in [-0.25, -0.2) is 0 Å². The van der Waals surface area contributed by atoms with E-state index >= 15 is 0 Å². The number of rotatable bonds is 11. The van der Waals surface area contributed by atoms with Crippen LogP contribution in [0.5, 0.6) is 0 Å². The predicted molar refractivity (Wildman–Crippen MR) is 100 cm³/mol. The summed E-state index contributed by atoms with van der Waals surface area (Å²) >= 11 is 0. The zero-order valence-corrected chi connectivity index (χ0v) is 16.0. The summed E-state index contributed by atoms with van der Waals surface area (Å²) in [7, 11) is -3.13. The van der Waals surface area contributed by atoms with Gasteiger partial charge in [0.25, 0.3) is 0 Å². The van der Waals surface area contributed by atoms with Gasteiger partial charge in [-0.1, -0.05) is 76.3 Å². The molecule has 0 atom stereocenters. The van der Waals surface area contributed by atoms with E-state index in [0.29, 0.717) is 5.78 Å². The van der Waals surface area contributed by atoms with Crippen molar-refractivity contribution in [1.82, 2.24) is 0 Å². The van der Waals surface area contributed by atoms with Gasteiger partial charge in [0.05, 0.1) is 0 Å². The highest BCUT2D eigenvalue weighted by Gasteiger charge is 2.05. The van der Waals surface area contributed by atoms with Crippen LogP contribution >= 0.6 is 8.25 Å². The predicted octanol–water partition coefficient (Wildman–Crippen LogP) is 4.94. The number of ketones is 1. The van der Waals surface area contributed by atoms with E-state index in [4.69, 9.17) is 14.4 Å². The van der Waals surface area contributed by atoms with Crippen LogP contribution in [0, 0.1) is 5.92 Å². The molecule has 5 heteroatoms. The molecule has 0 amide bonds. The Morgan fingerprint density at radius 3 is 1.88 bits per heavy atom. The second-order valence-electron chi connectivity index (χ2n) is 6.36. The third kappa shape index (κ3) is 15.9. The molecule has 0 unspecified atom stereocenters. The van der Waals surface area contributed by atoms with Crippen molar-refractivity contribution >= 4 is 14.0 Å². The third-order valence-electron chi connectivity index (χ3n) is 3.88. The van der Waals surface area contributed by atoms with Gasteiger partial charge in [-0.05, 0) is 24.8 Å². The van der Waals surface area contributed by atoms with Crippen LogP contribution in [0.1, 0.15) is 70.8 Å². The maximum atomic E-state index is 11.5. The van der Waals surface area contributed by atoms with E-state index in [1.165, 1.54) is 50.5 Å². The van der Waals surface area contributed by atoms with Crippen LogP contribution in [0.4, 0.5) is 0 Å². The Balaban J connectivity index is 0.00000118. The minimum absolute atomic E-state index is 0.216. The number of hydrogen-bond donors (Lipinski definition) is 2. The summed E-state index contributed by atoms with van der Waals surface area (Å²) in [5, 5.41) is 0. The van der Waals surface area contributed by atoms with E-state index in [-0.39, 0.29) is 5.92 Å². The number of carbonyl (C=O) groups is 1. The Kier molecular flexibility index (Phi) is 14.9. The molecule has 4 nitrogen and oxygen atoms in total. The van der Waals surface area contributed by atoms with Crippen LogP contribution in [0.15, 0.2) is 30.3 Å². The van der Waals surface area contributed by atoms with Gasteiger partial charge < -0.3 is 9.79 Å². The fraction of sp³-hybridized carbons (Fsp3) is 0.632. The highest BCUT2D eigenvalue weighted by Crippen LogP contribution is 2.12. The van der Waals surface area contributed by atoms with Gasteiger partial charge >= 0.3 is 8.25 Å². The number of unbranched alkanes of at least 4 members (excludes halogenated alkanes) is 6. The maximum Gasteiger partial charge on any atom is 0.314 e. The molecule has 0 heterocycles. The van der Waals surface area contributed by atoms with E-state index in [1.54, 1.807) is 0 Å². The van der Waals surface area contributed by atoms with Crippen molar-refractivity contribution in [3.63, 3.8) is 0 Å². The third-order valence-corrected chi connectivity index (χ3v) is 3.88. The summed E-state index contributed by atoms with van der Waals surface area (Å²) in [6.45, 7) is 3.99. The van der Waals surface area contributed by atoms with E-state index in [2.05, 4.69) is 30.3 Å². The average Bonchev–Trinajstić information content (AvgIpc) is 2.53. The van der Waals surface area contributed by atoms with Crippen molar-refractivity contribution in [2.75, 3.05) is 0 Å². The molecule has 1 rings (SSSR count). The monoisotopic (exact) mass is 356 g/mol. The van der Waals surface area contributed by atoms with Gasteiger partial charge in [-0.15, -0.1) is 0 Å². The minimum Gasteiger partial charge on any atom is -0.326 e. The smallest absolute Gasteiger partial charge is 0.314 e. The van der Waals surface area contributed by atoms with E-state index < -0.39 is 8.25 Å². The van der Waals surface area contributed by atoms with Crippen LogP contribution < -0.4 is 0 Å². The van der Waals surface area contributed by atoms with Crippen LogP contribution in [0.25, 0.3) is 0 Å².